The molecule has 1 aromatic heterocycles. The van der Waals surface area contributed by atoms with Crippen molar-refractivity contribution in [3.8, 4) is 67.5 Å². The molecule has 53 heavy (non-hydrogen) atoms. The first kappa shape index (κ1) is 31.1. The van der Waals surface area contributed by atoms with E-state index in [0.717, 1.165) is 38.9 Å². The van der Waals surface area contributed by atoms with Crippen LogP contribution >= 0.6 is 0 Å². The number of aromatic nitrogens is 3. The smallest absolute Gasteiger partial charge is 0.164 e. The molecule has 10 rings (SSSR count). The number of benzene rings is 8. The van der Waals surface area contributed by atoms with E-state index in [1.165, 1.54) is 43.8 Å². The Labute approximate surface area is 309 Å². The van der Waals surface area contributed by atoms with Crippen molar-refractivity contribution in [3.63, 3.8) is 0 Å². The summed E-state index contributed by atoms with van der Waals surface area (Å²) in [5.41, 5.74) is 12.7. The van der Waals surface area contributed by atoms with Crippen LogP contribution in [-0.2, 0) is 5.41 Å². The summed E-state index contributed by atoms with van der Waals surface area (Å²) in [6, 6.07) is 62.6. The number of rotatable bonds is 5. The van der Waals surface area contributed by atoms with Gasteiger partial charge < -0.3 is 0 Å². The first-order valence-electron chi connectivity index (χ1n) is 18.2. The zero-order valence-corrected chi connectivity index (χ0v) is 29.6. The second-order valence-corrected chi connectivity index (χ2v) is 14.5. The largest absolute Gasteiger partial charge is 0.208 e. The quantitative estimate of drug-likeness (QED) is 0.170. The normalized spacial score (nSPS) is 12.9. The van der Waals surface area contributed by atoms with Gasteiger partial charge >= 0.3 is 0 Å². The second kappa shape index (κ2) is 12.2. The van der Waals surface area contributed by atoms with Crippen LogP contribution in [0.3, 0.4) is 0 Å². The van der Waals surface area contributed by atoms with Crippen LogP contribution in [0.4, 0.5) is 0 Å². The van der Waals surface area contributed by atoms with Gasteiger partial charge in [0.25, 0.3) is 0 Å². The molecule has 3 heteroatoms. The lowest BCUT2D eigenvalue weighted by Gasteiger charge is -2.21. The molecule has 0 amide bonds. The Morgan fingerprint density at radius 2 is 0.811 bits per heavy atom. The Bertz CT molecular complexity index is 2780. The van der Waals surface area contributed by atoms with Crippen molar-refractivity contribution in [1.29, 1.82) is 0 Å². The minimum atomic E-state index is -0.0514. The van der Waals surface area contributed by atoms with Crippen LogP contribution in [0.5, 0.6) is 0 Å². The predicted octanol–water partition coefficient (Wildman–Crippen LogP) is 12.8. The fraction of sp³-hybridized carbons (Fsp3) is 0.0600. The molecule has 8 aromatic carbocycles. The van der Waals surface area contributed by atoms with Crippen LogP contribution in [0.1, 0.15) is 25.0 Å². The van der Waals surface area contributed by atoms with Gasteiger partial charge in [0.1, 0.15) is 0 Å². The zero-order chi connectivity index (χ0) is 35.5. The summed E-state index contributed by atoms with van der Waals surface area (Å²) in [5, 5.41) is 4.84. The summed E-state index contributed by atoms with van der Waals surface area (Å²) >= 11 is 0. The molecular weight excluding hydrogens is 643 g/mol. The summed E-state index contributed by atoms with van der Waals surface area (Å²) in [7, 11) is 0. The van der Waals surface area contributed by atoms with Gasteiger partial charge in [-0.3, -0.25) is 0 Å². The molecule has 9 aromatic rings. The maximum Gasteiger partial charge on any atom is 0.164 e. The van der Waals surface area contributed by atoms with Gasteiger partial charge in [-0.15, -0.1) is 0 Å². The molecule has 0 bridgehead atoms. The van der Waals surface area contributed by atoms with Gasteiger partial charge in [-0.1, -0.05) is 153 Å². The average Bonchev–Trinajstić information content (AvgIpc) is 3.45. The SMILES string of the molecule is CC1(C)c2ccccc2-c2cc3c(ccc4ccc(-c5nc(-c6ccccc6)nc(-c6cc(-c7ccccc7)cc(-c7ccccc7)c6)n5)cc43)cc21. The van der Waals surface area contributed by atoms with Crippen LogP contribution in [-0.4, -0.2) is 15.0 Å². The minimum Gasteiger partial charge on any atom is -0.208 e. The van der Waals surface area contributed by atoms with Gasteiger partial charge in [0.05, 0.1) is 0 Å². The van der Waals surface area contributed by atoms with Crippen LogP contribution in [0.2, 0.25) is 0 Å². The highest BCUT2D eigenvalue weighted by molar-refractivity contribution is 6.11. The lowest BCUT2D eigenvalue weighted by Crippen LogP contribution is -2.14. The zero-order valence-electron chi connectivity index (χ0n) is 29.6. The molecular formula is C50H35N3. The van der Waals surface area contributed by atoms with Crippen molar-refractivity contribution < 1.29 is 0 Å². The topological polar surface area (TPSA) is 38.7 Å². The molecule has 1 aliphatic carbocycles. The van der Waals surface area contributed by atoms with E-state index in [4.69, 9.17) is 15.0 Å². The summed E-state index contributed by atoms with van der Waals surface area (Å²) < 4.78 is 0. The standard InChI is InChI=1S/C50H35N3/c1-50(2)45-21-13-12-20-41(45)44-31-43-36(30-46(44)50)24-22-34-23-25-37(29-42(34)43)48-51-47(35-18-10-5-11-19-35)52-49(53-48)40-27-38(32-14-6-3-7-15-32)26-39(28-40)33-16-8-4-9-17-33/h3-31H,1-2H3. The van der Waals surface area contributed by atoms with E-state index in [2.05, 4.69) is 172 Å². The van der Waals surface area contributed by atoms with Crippen molar-refractivity contribution in [2.45, 2.75) is 19.3 Å². The van der Waals surface area contributed by atoms with E-state index in [-0.39, 0.29) is 5.41 Å². The molecule has 1 aliphatic rings. The van der Waals surface area contributed by atoms with Crippen molar-refractivity contribution in [3.05, 3.63) is 187 Å². The third-order valence-electron chi connectivity index (χ3n) is 10.9. The van der Waals surface area contributed by atoms with Gasteiger partial charge in [-0.2, -0.15) is 0 Å². The number of fused-ring (bicyclic) bond motifs is 6. The molecule has 0 spiro atoms. The van der Waals surface area contributed by atoms with Crippen molar-refractivity contribution in [2.24, 2.45) is 0 Å². The van der Waals surface area contributed by atoms with E-state index >= 15 is 0 Å². The predicted molar refractivity (Wildman–Crippen MR) is 220 cm³/mol. The first-order chi connectivity index (χ1) is 26.0. The van der Waals surface area contributed by atoms with Gasteiger partial charge in [-0.05, 0) is 102 Å². The molecule has 0 atom stereocenters. The lowest BCUT2D eigenvalue weighted by molar-refractivity contribution is 0.661. The van der Waals surface area contributed by atoms with Crippen LogP contribution in [0, 0.1) is 0 Å². The molecule has 0 saturated heterocycles. The van der Waals surface area contributed by atoms with E-state index in [1.807, 2.05) is 18.2 Å². The third kappa shape index (κ3) is 5.32. The van der Waals surface area contributed by atoms with Crippen LogP contribution in [0.25, 0.3) is 89.1 Å². The Balaban J connectivity index is 1.18. The molecule has 0 unspecified atom stereocenters. The minimum absolute atomic E-state index is 0.0514. The van der Waals surface area contributed by atoms with Gasteiger partial charge in [0.2, 0.25) is 0 Å². The fourth-order valence-corrected chi connectivity index (χ4v) is 8.09. The highest BCUT2D eigenvalue weighted by atomic mass is 15.0. The van der Waals surface area contributed by atoms with Crippen LogP contribution in [0.15, 0.2) is 176 Å². The fourth-order valence-electron chi connectivity index (χ4n) is 8.09. The molecule has 0 fully saturated rings. The maximum absolute atomic E-state index is 5.24. The summed E-state index contributed by atoms with van der Waals surface area (Å²) in [6.07, 6.45) is 0. The first-order valence-corrected chi connectivity index (χ1v) is 18.2. The molecule has 3 nitrogen and oxygen atoms in total. The Hall–Kier alpha value is -6.71. The summed E-state index contributed by atoms with van der Waals surface area (Å²) in [4.78, 5) is 15.5. The summed E-state index contributed by atoms with van der Waals surface area (Å²) in [5.74, 6) is 1.93. The summed E-state index contributed by atoms with van der Waals surface area (Å²) in [6.45, 7) is 4.67. The van der Waals surface area contributed by atoms with Crippen molar-refractivity contribution >= 4 is 21.5 Å². The number of nitrogens with zero attached hydrogens (tertiary/aromatic N) is 3. The highest BCUT2D eigenvalue weighted by Gasteiger charge is 2.35. The maximum atomic E-state index is 5.24. The molecule has 0 saturated carbocycles. The second-order valence-electron chi connectivity index (χ2n) is 14.5. The van der Waals surface area contributed by atoms with Crippen molar-refractivity contribution in [1.82, 2.24) is 15.0 Å². The Morgan fingerprint density at radius 1 is 0.321 bits per heavy atom. The van der Waals surface area contributed by atoms with Crippen LogP contribution < -0.4 is 0 Å². The van der Waals surface area contributed by atoms with Crippen molar-refractivity contribution in [2.75, 3.05) is 0 Å². The molecule has 1 heterocycles. The third-order valence-corrected chi connectivity index (χ3v) is 10.9. The lowest BCUT2D eigenvalue weighted by atomic mass is 9.81. The Morgan fingerprint density at radius 3 is 1.47 bits per heavy atom. The monoisotopic (exact) mass is 677 g/mol. The van der Waals surface area contributed by atoms with E-state index in [1.54, 1.807) is 0 Å². The highest BCUT2D eigenvalue weighted by Crippen LogP contribution is 2.50. The van der Waals surface area contributed by atoms with E-state index < -0.39 is 0 Å². The average molecular weight is 678 g/mol. The van der Waals surface area contributed by atoms with Gasteiger partial charge in [-0.25, -0.2) is 15.0 Å². The number of hydrogen-bond acceptors (Lipinski definition) is 3. The van der Waals surface area contributed by atoms with E-state index in [9.17, 15) is 0 Å². The van der Waals surface area contributed by atoms with E-state index in [0.29, 0.717) is 17.5 Å². The van der Waals surface area contributed by atoms with Gasteiger partial charge in [0, 0.05) is 22.1 Å². The molecule has 250 valence electrons. The molecule has 0 radical (unpaired) electrons. The Kier molecular flexibility index (Phi) is 7.16. The molecule has 0 aliphatic heterocycles. The number of hydrogen-bond donors (Lipinski definition) is 0. The van der Waals surface area contributed by atoms with Gasteiger partial charge in [0.15, 0.2) is 17.5 Å². The molecule has 0 N–H and O–H groups in total.